The van der Waals surface area contributed by atoms with Gasteiger partial charge in [0.05, 0.1) is 4.70 Å². The van der Waals surface area contributed by atoms with Gasteiger partial charge >= 0.3 is 0 Å². The van der Waals surface area contributed by atoms with Gasteiger partial charge < -0.3 is 0 Å². The van der Waals surface area contributed by atoms with E-state index in [1.807, 2.05) is 23.6 Å². The van der Waals surface area contributed by atoms with Crippen LogP contribution < -0.4 is 5.56 Å². The van der Waals surface area contributed by atoms with Crippen molar-refractivity contribution in [1.29, 1.82) is 0 Å². The molecule has 1 N–H and O–H groups in total. The lowest BCUT2D eigenvalue weighted by atomic mass is 10.2. The van der Waals surface area contributed by atoms with Crippen molar-refractivity contribution < 1.29 is 0 Å². The molecule has 0 amide bonds. The van der Waals surface area contributed by atoms with Gasteiger partial charge in [-0.3, -0.25) is 4.79 Å². The van der Waals surface area contributed by atoms with Gasteiger partial charge in [-0.2, -0.15) is 5.10 Å². The van der Waals surface area contributed by atoms with Gasteiger partial charge in [0.2, 0.25) is 0 Å². The van der Waals surface area contributed by atoms with E-state index in [9.17, 15) is 4.79 Å². The zero-order valence-corrected chi connectivity index (χ0v) is 7.97. The molecule has 3 nitrogen and oxygen atoms in total. The molecule has 0 aliphatic rings. The maximum Gasteiger partial charge on any atom is 0.264 e. The van der Waals surface area contributed by atoms with Gasteiger partial charge in [-0.1, -0.05) is 12.1 Å². The summed E-state index contributed by atoms with van der Waals surface area (Å²) < 4.78 is 1.12. The van der Waals surface area contributed by atoms with Gasteiger partial charge in [0.1, 0.15) is 5.52 Å². The number of hydrogen-bond donors (Lipinski definition) is 1. The lowest BCUT2D eigenvalue weighted by molar-refractivity contribution is 1.03. The molecule has 1 aromatic carbocycles. The number of thiophene rings is 1. The highest BCUT2D eigenvalue weighted by molar-refractivity contribution is 7.18. The quantitative estimate of drug-likeness (QED) is 0.607. The predicted molar refractivity (Wildman–Crippen MR) is 57.7 cm³/mol. The monoisotopic (exact) mass is 202 g/mol. The van der Waals surface area contributed by atoms with E-state index in [1.165, 1.54) is 5.39 Å². The third-order valence-corrected chi connectivity index (χ3v) is 3.13. The Balaban J connectivity index is 2.63. The van der Waals surface area contributed by atoms with Crippen molar-refractivity contribution in [2.24, 2.45) is 0 Å². The Bertz CT molecular complexity index is 668. The second kappa shape index (κ2) is 2.65. The lowest BCUT2D eigenvalue weighted by Gasteiger charge is -1.96. The molecule has 2 heterocycles. The van der Waals surface area contributed by atoms with Crippen molar-refractivity contribution in [2.75, 3.05) is 0 Å². The standard InChI is InChI=1S/C10H6N2OS/c13-8-5-7-2-1-6-3-4-14-10(6)9(7)12-11-8/h1-5H,(H,11,13). The molecule has 0 aliphatic carbocycles. The van der Waals surface area contributed by atoms with E-state index < -0.39 is 0 Å². The average Bonchev–Trinajstić information content (AvgIpc) is 2.65. The lowest BCUT2D eigenvalue weighted by Crippen LogP contribution is -2.05. The van der Waals surface area contributed by atoms with Crippen molar-refractivity contribution in [3.05, 3.63) is 40.0 Å². The van der Waals surface area contributed by atoms with Crippen LogP contribution in [0.3, 0.4) is 0 Å². The Morgan fingerprint density at radius 3 is 3.00 bits per heavy atom. The minimum Gasteiger partial charge on any atom is -0.268 e. The minimum absolute atomic E-state index is 0.159. The molecule has 14 heavy (non-hydrogen) atoms. The summed E-state index contributed by atoms with van der Waals surface area (Å²) in [5, 5.41) is 10.6. The van der Waals surface area contributed by atoms with Crippen LogP contribution >= 0.6 is 11.3 Å². The molecule has 0 saturated carbocycles. The summed E-state index contributed by atoms with van der Waals surface area (Å²) in [7, 11) is 0. The van der Waals surface area contributed by atoms with Gasteiger partial charge in [0, 0.05) is 11.5 Å². The molecular weight excluding hydrogens is 196 g/mol. The first-order valence-corrected chi connectivity index (χ1v) is 5.08. The maximum absolute atomic E-state index is 11.0. The summed E-state index contributed by atoms with van der Waals surface area (Å²) in [6.07, 6.45) is 0. The summed E-state index contributed by atoms with van der Waals surface area (Å²) in [5.41, 5.74) is 0.713. The highest BCUT2D eigenvalue weighted by atomic mass is 32.1. The van der Waals surface area contributed by atoms with E-state index in [0.29, 0.717) is 0 Å². The predicted octanol–water partition coefficient (Wildman–Crippen LogP) is 2.14. The normalized spacial score (nSPS) is 11.1. The van der Waals surface area contributed by atoms with E-state index in [-0.39, 0.29) is 5.56 Å². The second-order valence-corrected chi connectivity index (χ2v) is 3.99. The number of fused-ring (bicyclic) bond motifs is 3. The summed E-state index contributed by atoms with van der Waals surface area (Å²) in [6, 6.07) is 7.55. The first-order valence-electron chi connectivity index (χ1n) is 4.20. The zero-order valence-electron chi connectivity index (χ0n) is 7.15. The van der Waals surface area contributed by atoms with E-state index in [1.54, 1.807) is 17.4 Å². The molecule has 0 bridgehead atoms. The Kier molecular flexibility index (Phi) is 1.46. The Hall–Kier alpha value is -1.68. The third kappa shape index (κ3) is 0.975. The number of hydrogen-bond acceptors (Lipinski definition) is 3. The molecule has 0 fully saturated rings. The Morgan fingerprint density at radius 1 is 1.21 bits per heavy atom. The number of rotatable bonds is 0. The van der Waals surface area contributed by atoms with Crippen LogP contribution in [-0.2, 0) is 0 Å². The smallest absolute Gasteiger partial charge is 0.264 e. The first-order chi connectivity index (χ1) is 6.84. The topological polar surface area (TPSA) is 45.8 Å². The van der Waals surface area contributed by atoms with Crippen molar-refractivity contribution in [1.82, 2.24) is 10.2 Å². The van der Waals surface area contributed by atoms with E-state index in [0.717, 1.165) is 15.6 Å². The van der Waals surface area contributed by atoms with Crippen molar-refractivity contribution in [3.8, 4) is 0 Å². The number of aromatic nitrogens is 2. The molecule has 0 saturated heterocycles. The minimum atomic E-state index is -0.159. The summed E-state index contributed by atoms with van der Waals surface area (Å²) in [6.45, 7) is 0. The molecule has 68 valence electrons. The molecular formula is C10H6N2OS. The number of benzene rings is 1. The summed E-state index contributed by atoms with van der Waals surface area (Å²) in [5.74, 6) is 0. The van der Waals surface area contributed by atoms with Crippen LogP contribution in [0, 0.1) is 0 Å². The fourth-order valence-corrected chi connectivity index (χ4v) is 2.45. The van der Waals surface area contributed by atoms with Gasteiger partial charge in [-0.25, -0.2) is 5.10 Å². The van der Waals surface area contributed by atoms with Gasteiger partial charge in [0.15, 0.2) is 0 Å². The van der Waals surface area contributed by atoms with Crippen LogP contribution in [0.4, 0.5) is 0 Å². The van der Waals surface area contributed by atoms with Crippen LogP contribution in [0.25, 0.3) is 21.0 Å². The van der Waals surface area contributed by atoms with Gasteiger partial charge in [0.25, 0.3) is 5.56 Å². The number of H-pyrrole nitrogens is 1. The molecule has 0 unspecified atom stereocenters. The largest absolute Gasteiger partial charge is 0.268 e. The van der Waals surface area contributed by atoms with Crippen LogP contribution in [-0.4, -0.2) is 10.2 Å². The molecule has 0 atom stereocenters. The molecule has 4 heteroatoms. The van der Waals surface area contributed by atoms with Gasteiger partial charge in [-0.05, 0) is 16.8 Å². The Labute approximate surface area is 83.0 Å². The van der Waals surface area contributed by atoms with Gasteiger partial charge in [-0.15, -0.1) is 11.3 Å². The van der Waals surface area contributed by atoms with Crippen LogP contribution in [0.15, 0.2) is 34.4 Å². The maximum atomic E-state index is 11.0. The van der Waals surface area contributed by atoms with Crippen LogP contribution in [0.5, 0.6) is 0 Å². The first kappa shape index (κ1) is 7.70. The molecule has 0 spiro atoms. The molecule has 0 radical (unpaired) electrons. The summed E-state index contributed by atoms with van der Waals surface area (Å²) in [4.78, 5) is 11.0. The molecule has 0 aliphatic heterocycles. The fraction of sp³-hybridized carbons (Fsp3) is 0. The Morgan fingerprint density at radius 2 is 2.07 bits per heavy atom. The molecule has 3 aromatic rings. The third-order valence-electron chi connectivity index (χ3n) is 2.19. The number of aromatic amines is 1. The van der Waals surface area contributed by atoms with Crippen LogP contribution in [0.1, 0.15) is 0 Å². The van der Waals surface area contributed by atoms with Crippen molar-refractivity contribution in [3.63, 3.8) is 0 Å². The second-order valence-electron chi connectivity index (χ2n) is 3.07. The average molecular weight is 202 g/mol. The highest BCUT2D eigenvalue weighted by Crippen LogP contribution is 2.26. The van der Waals surface area contributed by atoms with Crippen molar-refractivity contribution in [2.45, 2.75) is 0 Å². The van der Waals surface area contributed by atoms with E-state index in [2.05, 4.69) is 10.2 Å². The molecule has 3 rings (SSSR count). The summed E-state index contributed by atoms with van der Waals surface area (Å²) >= 11 is 1.64. The highest BCUT2D eigenvalue weighted by Gasteiger charge is 2.02. The zero-order chi connectivity index (χ0) is 9.54. The van der Waals surface area contributed by atoms with Crippen molar-refractivity contribution >= 4 is 32.3 Å². The van der Waals surface area contributed by atoms with E-state index >= 15 is 0 Å². The SMILES string of the molecule is O=c1cc2ccc3ccsc3c2n[nH]1. The number of nitrogens with one attached hydrogen (secondary N) is 1. The van der Waals surface area contributed by atoms with Crippen LogP contribution in [0.2, 0.25) is 0 Å². The fourth-order valence-electron chi connectivity index (χ4n) is 1.55. The number of nitrogens with zero attached hydrogens (tertiary/aromatic N) is 1. The molecule has 2 aromatic heterocycles. The van der Waals surface area contributed by atoms with E-state index in [4.69, 9.17) is 0 Å².